The molecule has 1 aromatic carbocycles. The predicted octanol–water partition coefficient (Wildman–Crippen LogP) is 2.48. The fourth-order valence-corrected chi connectivity index (χ4v) is 4.29. The van der Waals surface area contributed by atoms with Gasteiger partial charge in [-0.25, -0.2) is 4.39 Å². The van der Waals surface area contributed by atoms with E-state index in [1.807, 2.05) is 17.8 Å². The summed E-state index contributed by atoms with van der Waals surface area (Å²) in [4.78, 5) is 2.30. The van der Waals surface area contributed by atoms with Gasteiger partial charge in [-0.15, -0.1) is 0 Å². The van der Waals surface area contributed by atoms with Crippen LogP contribution in [0.2, 0.25) is 0 Å². The Kier molecular flexibility index (Phi) is 4.30. The minimum absolute atomic E-state index is 0.0526. The first kappa shape index (κ1) is 13.8. The Bertz CT molecular complexity index is 413. The van der Waals surface area contributed by atoms with Crippen LogP contribution in [-0.4, -0.2) is 35.0 Å². The Labute approximate surface area is 113 Å². The first-order valence-electron chi connectivity index (χ1n) is 6.36. The second kappa shape index (κ2) is 5.59. The van der Waals surface area contributed by atoms with Crippen molar-refractivity contribution < 1.29 is 4.39 Å². The average molecular weight is 268 g/mol. The fraction of sp³-hybridized carbons (Fsp3) is 0.571. The minimum Gasteiger partial charge on any atom is -0.329 e. The van der Waals surface area contributed by atoms with Crippen molar-refractivity contribution in [1.82, 2.24) is 4.90 Å². The maximum atomic E-state index is 13.2. The highest BCUT2D eigenvalue weighted by atomic mass is 32.2. The lowest BCUT2D eigenvalue weighted by Gasteiger charge is -2.41. The van der Waals surface area contributed by atoms with Crippen molar-refractivity contribution in [2.24, 2.45) is 5.73 Å². The zero-order chi connectivity index (χ0) is 13.2. The van der Waals surface area contributed by atoms with Crippen LogP contribution >= 0.6 is 11.8 Å². The van der Waals surface area contributed by atoms with Gasteiger partial charge in [-0.3, -0.25) is 4.90 Å². The lowest BCUT2D eigenvalue weighted by molar-refractivity contribution is 0.121. The third kappa shape index (κ3) is 2.56. The fourth-order valence-electron chi connectivity index (χ4n) is 2.76. The van der Waals surface area contributed by atoms with Crippen molar-refractivity contribution in [1.29, 1.82) is 0 Å². The molecule has 0 aliphatic carbocycles. The van der Waals surface area contributed by atoms with E-state index in [1.54, 1.807) is 12.1 Å². The highest BCUT2D eigenvalue weighted by molar-refractivity contribution is 8.00. The van der Waals surface area contributed by atoms with Crippen molar-refractivity contribution in [2.45, 2.75) is 30.7 Å². The molecule has 0 bridgehead atoms. The molecule has 100 valence electrons. The van der Waals surface area contributed by atoms with E-state index in [0.717, 1.165) is 24.3 Å². The van der Waals surface area contributed by atoms with Crippen LogP contribution in [0.15, 0.2) is 24.3 Å². The molecule has 18 heavy (non-hydrogen) atoms. The monoisotopic (exact) mass is 268 g/mol. The third-order valence-corrected chi connectivity index (χ3v) is 5.46. The average Bonchev–Trinajstić information content (AvgIpc) is 2.71. The van der Waals surface area contributed by atoms with Crippen molar-refractivity contribution in [3.63, 3.8) is 0 Å². The second-order valence-electron chi connectivity index (χ2n) is 5.06. The van der Waals surface area contributed by atoms with Gasteiger partial charge in [0.25, 0.3) is 0 Å². The minimum atomic E-state index is -0.170. The molecule has 0 amide bonds. The molecule has 2 atom stereocenters. The van der Waals surface area contributed by atoms with Gasteiger partial charge in [0.1, 0.15) is 5.82 Å². The third-order valence-electron chi connectivity index (χ3n) is 4.08. The lowest BCUT2D eigenvalue weighted by atomic mass is 9.90. The molecule has 0 aromatic heterocycles. The van der Waals surface area contributed by atoms with Crippen LogP contribution in [-0.2, 0) is 6.54 Å². The van der Waals surface area contributed by atoms with Crippen LogP contribution in [0.4, 0.5) is 4.39 Å². The first-order valence-corrected chi connectivity index (χ1v) is 7.41. The van der Waals surface area contributed by atoms with Gasteiger partial charge in [-0.1, -0.05) is 19.1 Å². The van der Waals surface area contributed by atoms with Crippen LogP contribution in [0.25, 0.3) is 0 Å². The highest BCUT2D eigenvalue weighted by Gasteiger charge is 2.42. The van der Waals surface area contributed by atoms with E-state index in [2.05, 4.69) is 18.9 Å². The van der Waals surface area contributed by atoms with Crippen LogP contribution in [0.1, 0.15) is 18.9 Å². The number of nitrogens with two attached hydrogens (primary N) is 1. The summed E-state index contributed by atoms with van der Waals surface area (Å²) in [5, 5.41) is 0.529. The van der Waals surface area contributed by atoms with Gasteiger partial charge >= 0.3 is 0 Å². The quantitative estimate of drug-likeness (QED) is 0.909. The SMILES string of the molecule is CC1SCCC1(CN)N(C)Cc1cccc(F)c1. The van der Waals surface area contributed by atoms with Gasteiger partial charge in [0.15, 0.2) is 0 Å². The smallest absolute Gasteiger partial charge is 0.123 e. The lowest BCUT2D eigenvalue weighted by Crippen LogP contribution is -2.55. The van der Waals surface area contributed by atoms with E-state index in [1.165, 1.54) is 6.07 Å². The van der Waals surface area contributed by atoms with E-state index in [4.69, 9.17) is 5.73 Å². The van der Waals surface area contributed by atoms with Gasteiger partial charge in [-0.05, 0) is 36.9 Å². The van der Waals surface area contributed by atoms with E-state index < -0.39 is 0 Å². The number of hydrogen-bond donors (Lipinski definition) is 1. The molecular weight excluding hydrogens is 247 g/mol. The summed E-state index contributed by atoms with van der Waals surface area (Å²) >= 11 is 1.98. The van der Waals surface area contributed by atoms with Crippen molar-refractivity contribution in [3.8, 4) is 0 Å². The standard InChI is InChI=1S/C14H21FN2S/c1-11-14(10-16,6-7-18-11)17(2)9-12-4-3-5-13(15)8-12/h3-5,8,11H,6-7,9-10,16H2,1-2H3. The summed E-state index contributed by atoms with van der Waals surface area (Å²) in [6.45, 7) is 3.65. The zero-order valence-electron chi connectivity index (χ0n) is 11.0. The summed E-state index contributed by atoms with van der Waals surface area (Å²) in [7, 11) is 2.10. The Morgan fingerprint density at radius 1 is 1.56 bits per heavy atom. The number of nitrogens with zero attached hydrogens (tertiary/aromatic N) is 1. The number of rotatable bonds is 4. The van der Waals surface area contributed by atoms with Gasteiger partial charge in [0.05, 0.1) is 0 Å². The molecule has 2 nitrogen and oxygen atoms in total. The molecule has 2 unspecified atom stereocenters. The Hall–Kier alpha value is -0.580. The molecule has 1 saturated heterocycles. The number of thioether (sulfide) groups is 1. The molecule has 1 aliphatic rings. The van der Waals surface area contributed by atoms with Crippen molar-refractivity contribution >= 4 is 11.8 Å². The molecule has 2 N–H and O–H groups in total. The van der Waals surface area contributed by atoms with Gasteiger partial charge in [0, 0.05) is 23.9 Å². The molecule has 0 saturated carbocycles. The summed E-state index contributed by atoms with van der Waals surface area (Å²) < 4.78 is 13.2. The van der Waals surface area contributed by atoms with Crippen LogP contribution in [0.3, 0.4) is 0 Å². The largest absolute Gasteiger partial charge is 0.329 e. The molecular formula is C14H21FN2S. The summed E-state index contributed by atoms with van der Waals surface area (Å²) in [6.07, 6.45) is 1.11. The summed E-state index contributed by atoms with van der Waals surface area (Å²) in [6, 6.07) is 6.82. The van der Waals surface area contributed by atoms with Crippen molar-refractivity contribution in [2.75, 3.05) is 19.3 Å². The van der Waals surface area contributed by atoms with Crippen molar-refractivity contribution in [3.05, 3.63) is 35.6 Å². The Balaban J connectivity index is 2.13. The summed E-state index contributed by atoms with van der Waals surface area (Å²) in [5.74, 6) is 0.989. The van der Waals surface area contributed by atoms with E-state index in [-0.39, 0.29) is 11.4 Å². The second-order valence-corrected chi connectivity index (χ2v) is 6.51. The molecule has 1 aliphatic heterocycles. The normalized spacial score (nSPS) is 27.9. The Morgan fingerprint density at radius 2 is 2.33 bits per heavy atom. The topological polar surface area (TPSA) is 29.3 Å². The van der Waals surface area contributed by atoms with E-state index in [9.17, 15) is 4.39 Å². The first-order chi connectivity index (χ1) is 8.58. The Morgan fingerprint density at radius 3 is 2.89 bits per heavy atom. The van der Waals surface area contributed by atoms with Crippen LogP contribution in [0, 0.1) is 5.82 Å². The molecule has 1 heterocycles. The maximum absolute atomic E-state index is 13.2. The molecule has 2 rings (SSSR count). The van der Waals surface area contributed by atoms with Gasteiger partial charge in [0.2, 0.25) is 0 Å². The molecule has 0 spiro atoms. The highest BCUT2D eigenvalue weighted by Crippen LogP contribution is 2.39. The van der Waals surface area contributed by atoms with Crippen LogP contribution in [0.5, 0.6) is 0 Å². The van der Waals surface area contributed by atoms with E-state index in [0.29, 0.717) is 11.8 Å². The van der Waals surface area contributed by atoms with E-state index >= 15 is 0 Å². The van der Waals surface area contributed by atoms with Gasteiger partial charge in [-0.2, -0.15) is 11.8 Å². The number of likely N-dealkylation sites (N-methyl/N-ethyl adjacent to an activating group) is 1. The summed E-state index contributed by atoms with van der Waals surface area (Å²) in [5.41, 5.74) is 7.08. The molecule has 4 heteroatoms. The molecule has 0 radical (unpaired) electrons. The number of halogens is 1. The number of benzene rings is 1. The predicted molar refractivity (Wildman–Crippen MR) is 76.2 cm³/mol. The maximum Gasteiger partial charge on any atom is 0.123 e. The molecule has 1 fully saturated rings. The number of hydrogen-bond acceptors (Lipinski definition) is 3. The molecule has 1 aromatic rings. The zero-order valence-corrected chi connectivity index (χ0v) is 11.8. The van der Waals surface area contributed by atoms with Crippen LogP contribution < -0.4 is 5.73 Å². The van der Waals surface area contributed by atoms with Gasteiger partial charge < -0.3 is 5.73 Å².